The van der Waals surface area contributed by atoms with Gasteiger partial charge in [0.25, 0.3) is 0 Å². The Labute approximate surface area is 250 Å². The predicted molar refractivity (Wildman–Crippen MR) is 169 cm³/mol. The Morgan fingerprint density at radius 1 is 1.26 bits per heavy atom. The van der Waals surface area contributed by atoms with Gasteiger partial charge in [-0.3, -0.25) is 9.36 Å². The van der Waals surface area contributed by atoms with E-state index in [1.165, 1.54) is 12.1 Å². The summed E-state index contributed by atoms with van der Waals surface area (Å²) in [5, 5.41) is 1.58. The number of rotatable bonds is 4. The lowest BCUT2D eigenvalue weighted by atomic mass is 9.91. The molecule has 2 aliphatic heterocycles. The van der Waals surface area contributed by atoms with E-state index >= 15 is 0 Å². The highest BCUT2D eigenvalue weighted by atomic mass is 35.5. The molecule has 0 N–H and O–H groups in total. The molecular weight excluding hydrogens is 574 g/mol. The van der Waals surface area contributed by atoms with Crippen molar-refractivity contribution in [3.05, 3.63) is 87.1 Å². The normalized spacial score (nSPS) is 16.2. The number of ether oxygens (including phenoxy) is 1. The molecule has 0 radical (unpaired) electrons. The molecule has 2 atom stereocenters. The van der Waals surface area contributed by atoms with Crippen LogP contribution in [0.2, 0.25) is 5.02 Å². The van der Waals surface area contributed by atoms with Crippen molar-refractivity contribution in [1.29, 1.82) is 0 Å². The van der Waals surface area contributed by atoms with Gasteiger partial charge >= 0.3 is 5.69 Å². The third-order valence-corrected chi connectivity index (χ3v) is 9.14. The summed E-state index contributed by atoms with van der Waals surface area (Å²) < 4.78 is 22.9. The van der Waals surface area contributed by atoms with Crippen LogP contribution in [0.3, 0.4) is 0 Å². The summed E-state index contributed by atoms with van der Waals surface area (Å²) in [6.45, 7) is 11.2. The van der Waals surface area contributed by atoms with Crippen LogP contribution >= 0.6 is 20.8 Å². The molecule has 1 aromatic heterocycles. The second kappa shape index (κ2) is 10.8. The average Bonchev–Trinajstić information content (AvgIpc) is 2.98. The van der Waals surface area contributed by atoms with Gasteiger partial charge < -0.3 is 14.5 Å². The predicted octanol–water partition coefficient (Wildman–Crippen LogP) is 5.33. The van der Waals surface area contributed by atoms with Gasteiger partial charge in [0, 0.05) is 47.5 Å². The van der Waals surface area contributed by atoms with Crippen LogP contribution in [0.1, 0.15) is 30.5 Å². The Morgan fingerprint density at radius 3 is 2.76 bits per heavy atom. The average molecular weight is 605 g/mol. The lowest BCUT2D eigenvalue weighted by Crippen LogP contribution is -2.54. The fourth-order valence-electron chi connectivity index (χ4n) is 6.25. The van der Waals surface area contributed by atoms with Crippen molar-refractivity contribution in [2.75, 3.05) is 24.5 Å². The number of carbonyl (C=O) groups is 1. The number of hydrogen-bond donors (Lipinski definition) is 0. The first-order valence-corrected chi connectivity index (χ1v) is 14.9. The monoisotopic (exact) mass is 604 g/mol. The van der Waals surface area contributed by atoms with Crippen molar-refractivity contribution in [2.45, 2.75) is 39.8 Å². The zero-order chi connectivity index (χ0) is 29.9. The molecule has 0 spiro atoms. The van der Waals surface area contributed by atoms with E-state index in [1.807, 2.05) is 39.0 Å². The summed E-state index contributed by atoms with van der Waals surface area (Å²) in [5.74, 6) is 0.542. The highest BCUT2D eigenvalue weighted by molar-refractivity contribution is 7.28. The number of piperazine rings is 1. The van der Waals surface area contributed by atoms with E-state index in [2.05, 4.69) is 25.7 Å². The summed E-state index contributed by atoms with van der Waals surface area (Å²) >= 11 is 6.79. The molecule has 4 aromatic rings. The van der Waals surface area contributed by atoms with Crippen LogP contribution in [0.25, 0.3) is 27.7 Å². The van der Waals surface area contributed by atoms with Crippen molar-refractivity contribution >= 4 is 48.8 Å². The van der Waals surface area contributed by atoms with Crippen molar-refractivity contribution in [3.63, 3.8) is 0 Å². The molecule has 10 heteroatoms. The summed E-state index contributed by atoms with van der Waals surface area (Å²) in [5.41, 5.74) is 4.68. The molecule has 0 bridgehead atoms. The van der Waals surface area contributed by atoms with E-state index in [4.69, 9.17) is 16.3 Å². The fourth-order valence-corrected chi connectivity index (χ4v) is 6.95. The zero-order valence-corrected chi connectivity index (χ0v) is 25.6. The van der Waals surface area contributed by atoms with Gasteiger partial charge in [0.05, 0.1) is 10.7 Å². The molecule has 1 amide bonds. The Hall–Kier alpha value is -3.74. The third kappa shape index (κ3) is 4.40. The second-order valence-electron chi connectivity index (χ2n) is 10.8. The highest BCUT2D eigenvalue weighted by Gasteiger charge is 2.33. The molecule has 216 valence electrons. The van der Waals surface area contributed by atoms with Gasteiger partial charge in [-0.05, 0) is 61.2 Å². The van der Waals surface area contributed by atoms with Crippen LogP contribution in [0.4, 0.5) is 10.2 Å². The number of para-hydroxylation sites is 1. The van der Waals surface area contributed by atoms with Gasteiger partial charge in [0.2, 0.25) is 5.91 Å². The number of anilines is 1. The molecular formula is C32H31ClFN4O3P. The summed E-state index contributed by atoms with van der Waals surface area (Å²) in [6.07, 6.45) is 1.96. The molecule has 3 aromatic carbocycles. The molecule has 1 unspecified atom stereocenters. The van der Waals surface area contributed by atoms with Gasteiger partial charge in [-0.15, -0.1) is 9.24 Å². The van der Waals surface area contributed by atoms with Crippen LogP contribution in [0, 0.1) is 12.7 Å². The van der Waals surface area contributed by atoms with Gasteiger partial charge in [0.1, 0.15) is 23.8 Å². The van der Waals surface area contributed by atoms with E-state index in [0.29, 0.717) is 64.5 Å². The number of nitrogens with zero attached hydrogens (tertiary/aromatic N) is 4. The minimum Gasteiger partial charge on any atom is -0.486 e. The van der Waals surface area contributed by atoms with Gasteiger partial charge in [-0.2, -0.15) is 4.98 Å². The van der Waals surface area contributed by atoms with Gasteiger partial charge in [0.15, 0.2) is 5.75 Å². The molecule has 3 heterocycles. The molecule has 7 nitrogen and oxygen atoms in total. The Bertz CT molecular complexity index is 1860. The van der Waals surface area contributed by atoms with Crippen LogP contribution in [-0.2, 0) is 17.8 Å². The molecule has 0 aliphatic carbocycles. The molecule has 6 rings (SSSR count). The molecule has 1 fully saturated rings. The van der Waals surface area contributed by atoms with E-state index < -0.39 is 5.69 Å². The molecule has 1 saturated heterocycles. The van der Waals surface area contributed by atoms with E-state index in [0.717, 1.165) is 27.8 Å². The van der Waals surface area contributed by atoms with E-state index in [9.17, 15) is 14.0 Å². The second-order valence-corrected chi connectivity index (χ2v) is 11.7. The molecule has 2 aliphatic rings. The van der Waals surface area contributed by atoms with Crippen molar-refractivity contribution < 1.29 is 13.9 Å². The third-order valence-electron chi connectivity index (χ3n) is 8.27. The number of aromatic nitrogens is 2. The lowest BCUT2D eigenvalue weighted by Gasteiger charge is -2.40. The smallest absolute Gasteiger partial charge is 0.354 e. The van der Waals surface area contributed by atoms with E-state index in [-0.39, 0.29) is 24.4 Å². The number of amides is 1. The van der Waals surface area contributed by atoms with Crippen molar-refractivity contribution in [3.8, 4) is 22.6 Å². The maximum atomic E-state index is 14.9. The first-order chi connectivity index (χ1) is 20.2. The maximum absolute atomic E-state index is 14.9. The van der Waals surface area contributed by atoms with Crippen LogP contribution in [0.15, 0.2) is 53.8 Å². The fraction of sp³-hybridized carbons (Fsp3) is 0.281. The molecule has 0 saturated carbocycles. The van der Waals surface area contributed by atoms with Crippen LogP contribution in [-0.4, -0.2) is 46.0 Å². The lowest BCUT2D eigenvalue weighted by molar-refractivity contribution is -0.126. The van der Waals surface area contributed by atoms with Crippen molar-refractivity contribution in [2.24, 2.45) is 0 Å². The first kappa shape index (κ1) is 28.4. The largest absolute Gasteiger partial charge is 0.486 e. The SMILES string of the molecule is C=CC(=O)N1CCN(c2nc(=O)n(-c3c(Cl)cccc3CC)c3c4c(c(C)cc23)-c2c(ccc(F)c2P)CO4)[C@@H](C)C1. The summed E-state index contributed by atoms with van der Waals surface area (Å²) in [7, 11) is 2.53. The zero-order valence-electron chi connectivity index (χ0n) is 23.7. The minimum atomic E-state index is -0.497. The number of halogens is 2. The van der Waals surface area contributed by atoms with Gasteiger partial charge in [-0.1, -0.05) is 43.3 Å². The topological polar surface area (TPSA) is 67.7 Å². The van der Waals surface area contributed by atoms with E-state index in [1.54, 1.807) is 21.6 Å². The minimum absolute atomic E-state index is 0.120. The Kier molecular flexibility index (Phi) is 7.32. The quantitative estimate of drug-likeness (QED) is 0.233. The standard InChI is InChI=1S/C32H31ClFN4O3P/c1-5-19-8-7-9-22(33)27(19)38-28-21(31(35-32(38)40)37-13-12-36(15-18(37)4)24(39)6-2)14-17(3)25-26-20(16-41-29(25)28)10-11-23(34)30(26)42/h6-11,14,18H,2,5,12-13,15-16,42H2,1,3-4H3/t18-/m0/s1. The van der Waals surface area contributed by atoms with Crippen molar-refractivity contribution in [1.82, 2.24) is 14.5 Å². The number of aryl methyl sites for hydroxylation is 2. The summed E-state index contributed by atoms with van der Waals surface area (Å²) in [6, 6.07) is 10.6. The van der Waals surface area contributed by atoms with Crippen LogP contribution in [0.5, 0.6) is 5.75 Å². The molecule has 42 heavy (non-hydrogen) atoms. The number of benzene rings is 3. The summed E-state index contributed by atoms with van der Waals surface area (Å²) in [4.78, 5) is 35.0. The Balaban J connectivity index is 1.70. The highest BCUT2D eigenvalue weighted by Crippen LogP contribution is 2.47. The maximum Gasteiger partial charge on any atom is 0.354 e. The van der Waals surface area contributed by atoms with Crippen LogP contribution < -0.4 is 20.6 Å². The Morgan fingerprint density at radius 2 is 2.05 bits per heavy atom. The number of fused-ring (bicyclic) bond motifs is 5. The van der Waals surface area contributed by atoms with Gasteiger partial charge in [-0.25, -0.2) is 9.18 Å². The first-order valence-electron chi connectivity index (χ1n) is 13.9. The number of hydrogen-bond acceptors (Lipinski definition) is 5. The number of carbonyl (C=O) groups excluding carboxylic acids is 1.